The van der Waals surface area contributed by atoms with Gasteiger partial charge in [-0.3, -0.25) is 19.2 Å². The van der Waals surface area contributed by atoms with E-state index >= 15 is 0 Å². The summed E-state index contributed by atoms with van der Waals surface area (Å²) in [6.45, 7) is 0. The summed E-state index contributed by atoms with van der Waals surface area (Å²) in [7, 11) is 0. The van der Waals surface area contributed by atoms with Gasteiger partial charge in [0.15, 0.2) is 12.6 Å². The van der Waals surface area contributed by atoms with Crippen LogP contribution >= 0.6 is 0 Å². The lowest BCUT2D eigenvalue weighted by Crippen LogP contribution is -2.24. The average molecular weight is 296 g/mol. The highest BCUT2D eigenvalue weighted by Crippen LogP contribution is 2.29. The monoisotopic (exact) mass is 296 g/mol. The molecule has 22 heavy (non-hydrogen) atoms. The van der Waals surface area contributed by atoms with Crippen LogP contribution < -0.4 is 11.5 Å². The van der Waals surface area contributed by atoms with Crippen molar-refractivity contribution in [2.45, 2.75) is 0 Å². The van der Waals surface area contributed by atoms with E-state index in [4.69, 9.17) is 11.5 Å². The van der Waals surface area contributed by atoms with Crippen LogP contribution in [0, 0.1) is 0 Å². The zero-order valence-electron chi connectivity index (χ0n) is 11.4. The fourth-order valence-corrected chi connectivity index (χ4v) is 2.28. The standard InChI is InChI=1S/C16H12N2O4/c17-15(21)11-6-10(9-4-2-1-3-5-9)12(7-19)13(8-20)14(11)16(18)22/h1-8H,(H2,17,21)(H2,18,22). The Balaban J connectivity index is 2.95. The molecule has 2 aromatic rings. The maximum absolute atomic E-state index is 11.6. The molecule has 0 bridgehead atoms. The zero-order chi connectivity index (χ0) is 16.3. The number of hydrogen-bond donors (Lipinski definition) is 2. The second-order valence-corrected chi connectivity index (χ2v) is 4.50. The number of nitrogens with two attached hydrogens (primary N) is 2. The van der Waals surface area contributed by atoms with Crippen LogP contribution in [-0.4, -0.2) is 24.4 Å². The molecule has 0 atom stereocenters. The molecule has 0 saturated heterocycles. The minimum absolute atomic E-state index is 0.0139. The van der Waals surface area contributed by atoms with E-state index in [0.717, 1.165) is 0 Å². The Morgan fingerprint density at radius 3 is 1.91 bits per heavy atom. The Kier molecular flexibility index (Phi) is 4.13. The summed E-state index contributed by atoms with van der Waals surface area (Å²) in [4.78, 5) is 45.9. The molecular weight excluding hydrogens is 284 g/mol. The molecule has 6 nitrogen and oxygen atoms in total. The van der Waals surface area contributed by atoms with Gasteiger partial charge in [0.1, 0.15) is 0 Å². The normalized spacial score (nSPS) is 10.0. The largest absolute Gasteiger partial charge is 0.366 e. The number of carbonyl (C=O) groups excluding carboxylic acids is 4. The number of hydrogen-bond acceptors (Lipinski definition) is 4. The van der Waals surface area contributed by atoms with Crippen molar-refractivity contribution in [1.29, 1.82) is 0 Å². The number of benzene rings is 2. The van der Waals surface area contributed by atoms with Gasteiger partial charge in [0.2, 0.25) is 11.8 Å². The lowest BCUT2D eigenvalue weighted by molar-refractivity contribution is 0.0964. The van der Waals surface area contributed by atoms with E-state index in [1.165, 1.54) is 6.07 Å². The molecular formula is C16H12N2O4. The van der Waals surface area contributed by atoms with Crippen molar-refractivity contribution in [1.82, 2.24) is 0 Å². The van der Waals surface area contributed by atoms with Crippen molar-refractivity contribution in [3.63, 3.8) is 0 Å². The predicted molar refractivity (Wildman–Crippen MR) is 79.7 cm³/mol. The van der Waals surface area contributed by atoms with Gasteiger partial charge in [0.25, 0.3) is 0 Å². The van der Waals surface area contributed by atoms with Gasteiger partial charge in [-0.05, 0) is 17.2 Å². The summed E-state index contributed by atoms with van der Waals surface area (Å²) < 4.78 is 0. The van der Waals surface area contributed by atoms with Crippen LogP contribution in [0.2, 0.25) is 0 Å². The first-order chi connectivity index (χ1) is 10.5. The van der Waals surface area contributed by atoms with Crippen LogP contribution in [0.15, 0.2) is 36.4 Å². The number of primary amides is 2. The highest BCUT2D eigenvalue weighted by atomic mass is 16.2. The van der Waals surface area contributed by atoms with E-state index in [1.807, 2.05) is 0 Å². The molecule has 2 rings (SSSR count). The predicted octanol–water partition coefficient (Wildman–Crippen LogP) is 1.18. The minimum atomic E-state index is -1.00. The first-order valence-corrected chi connectivity index (χ1v) is 6.27. The van der Waals surface area contributed by atoms with Crippen LogP contribution in [0.3, 0.4) is 0 Å². The van der Waals surface area contributed by atoms with Gasteiger partial charge in [-0.15, -0.1) is 0 Å². The van der Waals surface area contributed by atoms with E-state index in [0.29, 0.717) is 23.7 Å². The van der Waals surface area contributed by atoms with Crippen LogP contribution in [0.1, 0.15) is 41.4 Å². The van der Waals surface area contributed by atoms with Gasteiger partial charge in [0.05, 0.1) is 11.1 Å². The Hall–Kier alpha value is -3.28. The summed E-state index contributed by atoms with van der Waals surface area (Å²) in [6, 6.07) is 9.94. The number of rotatable bonds is 5. The van der Waals surface area contributed by atoms with Crippen molar-refractivity contribution in [2.24, 2.45) is 11.5 Å². The zero-order valence-corrected chi connectivity index (χ0v) is 11.4. The van der Waals surface area contributed by atoms with Gasteiger partial charge >= 0.3 is 0 Å². The highest BCUT2D eigenvalue weighted by Gasteiger charge is 2.24. The summed E-state index contributed by atoms with van der Waals surface area (Å²) >= 11 is 0. The number of carbonyl (C=O) groups is 4. The van der Waals surface area contributed by atoms with E-state index in [2.05, 4.69) is 0 Å². The summed E-state index contributed by atoms with van der Waals surface area (Å²) in [5, 5.41) is 0. The third-order valence-corrected chi connectivity index (χ3v) is 3.24. The van der Waals surface area contributed by atoms with E-state index in [-0.39, 0.29) is 22.3 Å². The highest BCUT2D eigenvalue weighted by molar-refractivity contribution is 6.14. The SMILES string of the molecule is NC(=O)c1cc(-c2ccccc2)c(C=O)c(C=O)c1C(N)=O. The van der Waals surface area contributed by atoms with Crippen molar-refractivity contribution in [2.75, 3.05) is 0 Å². The van der Waals surface area contributed by atoms with Crippen molar-refractivity contribution < 1.29 is 19.2 Å². The molecule has 0 aliphatic rings. The first-order valence-electron chi connectivity index (χ1n) is 6.27. The Labute approximate surface area is 125 Å². The molecule has 0 spiro atoms. The minimum Gasteiger partial charge on any atom is -0.366 e. The summed E-state index contributed by atoms with van der Waals surface area (Å²) in [6.07, 6.45) is 0.770. The van der Waals surface area contributed by atoms with Gasteiger partial charge in [-0.2, -0.15) is 0 Å². The molecule has 0 saturated carbocycles. The second kappa shape index (κ2) is 6.01. The van der Waals surface area contributed by atoms with Crippen LogP contribution in [0.5, 0.6) is 0 Å². The Morgan fingerprint density at radius 2 is 1.45 bits per heavy atom. The van der Waals surface area contributed by atoms with Gasteiger partial charge in [0, 0.05) is 11.1 Å². The van der Waals surface area contributed by atoms with E-state index in [1.54, 1.807) is 30.3 Å². The fourth-order valence-electron chi connectivity index (χ4n) is 2.28. The lowest BCUT2D eigenvalue weighted by Gasteiger charge is -2.14. The molecule has 110 valence electrons. The molecule has 4 N–H and O–H groups in total. The summed E-state index contributed by atoms with van der Waals surface area (Å²) in [5.74, 6) is -1.91. The van der Waals surface area contributed by atoms with Crippen LogP contribution in [-0.2, 0) is 0 Å². The molecule has 0 aromatic heterocycles. The maximum atomic E-state index is 11.6. The third kappa shape index (κ3) is 2.49. The van der Waals surface area contributed by atoms with Gasteiger partial charge < -0.3 is 11.5 Å². The van der Waals surface area contributed by atoms with Crippen LogP contribution in [0.4, 0.5) is 0 Å². The van der Waals surface area contributed by atoms with Crippen molar-refractivity contribution >= 4 is 24.4 Å². The lowest BCUT2D eigenvalue weighted by atomic mass is 9.89. The average Bonchev–Trinajstić information content (AvgIpc) is 2.53. The first kappa shape index (κ1) is 15.1. The van der Waals surface area contributed by atoms with E-state index < -0.39 is 11.8 Å². The molecule has 0 aliphatic heterocycles. The molecule has 0 fully saturated rings. The number of aldehydes is 2. The molecule has 0 heterocycles. The molecule has 0 unspecified atom stereocenters. The van der Waals surface area contributed by atoms with Gasteiger partial charge in [-0.25, -0.2) is 0 Å². The van der Waals surface area contributed by atoms with E-state index in [9.17, 15) is 19.2 Å². The third-order valence-electron chi connectivity index (χ3n) is 3.24. The molecule has 2 aromatic carbocycles. The second-order valence-electron chi connectivity index (χ2n) is 4.50. The topological polar surface area (TPSA) is 120 Å². The fraction of sp³-hybridized carbons (Fsp3) is 0. The van der Waals surface area contributed by atoms with Gasteiger partial charge in [-0.1, -0.05) is 30.3 Å². The number of amides is 2. The Morgan fingerprint density at radius 1 is 0.864 bits per heavy atom. The molecule has 0 aliphatic carbocycles. The van der Waals surface area contributed by atoms with Crippen molar-refractivity contribution in [3.05, 3.63) is 58.7 Å². The quantitative estimate of drug-likeness (QED) is 0.804. The van der Waals surface area contributed by atoms with Crippen molar-refractivity contribution in [3.8, 4) is 11.1 Å². The molecule has 6 heteroatoms. The summed E-state index contributed by atoms with van der Waals surface area (Å²) in [5.41, 5.74) is 10.6. The Bertz CT molecular complexity index is 782. The maximum Gasteiger partial charge on any atom is 0.250 e. The van der Waals surface area contributed by atoms with Crippen LogP contribution in [0.25, 0.3) is 11.1 Å². The molecule has 0 radical (unpaired) electrons. The smallest absolute Gasteiger partial charge is 0.250 e. The molecule has 2 amide bonds.